The van der Waals surface area contributed by atoms with Crippen LogP contribution in [0.4, 0.5) is 0 Å². The molecule has 0 saturated heterocycles. The van der Waals surface area contributed by atoms with Crippen LogP contribution in [0.1, 0.15) is 32.9 Å². The van der Waals surface area contributed by atoms with E-state index >= 15 is 0 Å². The minimum Gasteiger partial charge on any atom is -0.356 e. The van der Waals surface area contributed by atoms with Gasteiger partial charge in [0.05, 0.1) is 12.0 Å². The van der Waals surface area contributed by atoms with Gasteiger partial charge < -0.3 is 9.88 Å². The van der Waals surface area contributed by atoms with Crippen LogP contribution in [0.2, 0.25) is 0 Å². The molecule has 4 nitrogen and oxygen atoms in total. The molecule has 0 saturated carbocycles. The molecule has 0 radical (unpaired) electrons. The summed E-state index contributed by atoms with van der Waals surface area (Å²) in [5, 5.41) is 2.91. The zero-order valence-corrected chi connectivity index (χ0v) is 10.6. The van der Waals surface area contributed by atoms with Crippen molar-refractivity contribution in [3.8, 4) is 0 Å². The Kier molecular flexibility index (Phi) is 4.10. The Balaban J connectivity index is 2.23. The van der Waals surface area contributed by atoms with Gasteiger partial charge in [-0.3, -0.25) is 4.79 Å². The summed E-state index contributed by atoms with van der Waals surface area (Å²) in [6.45, 7) is 6.84. The maximum atomic E-state index is 11.5. The molecule has 0 aliphatic rings. The number of amides is 1. The lowest BCUT2D eigenvalue weighted by molar-refractivity contribution is -0.122. The highest BCUT2D eigenvalue weighted by Crippen LogP contribution is 2.17. The zero-order valence-electron chi connectivity index (χ0n) is 10.6. The third-order valence-corrected chi connectivity index (χ3v) is 2.15. The van der Waals surface area contributed by atoms with Crippen molar-refractivity contribution in [2.75, 3.05) is 6.54 Å². The van der Waals surface area contributed by atoms with E-state index in [1.807, 2.05) is 17.8 Å². The molecule has 0 aliphatic heterocycles. The Labute approximate surface area is 97.1 Å². The zero-order chi connectivity index (χ0) is 12.2. The molecule has 0 aromatic carbocycles. The van der Waals surface area contributed by atoms with Gasteiger partial charge in [-0.15, -0.1) is 0 Å². The van der Waals surface area contributed by atoms with E-state index in [1.54, 1.807) is 6.33 Å². The van der Waals surface area contributed by atoms with Crippen molar-refractivity contribution in [2.45, 2.75) is 33.6 Å². The predicted molar refractivity (Wildman–Crippen MR) is 64.0 cm³/mol. The predicted octanol–water partition coefficient (Wildman–Crippen LogP) is 1.51. The summed E-state index contributed by atoms with van der Waals surface area (Å²) in [6.07, 6.45) is 5.09. The molecule has 1 aromatic rings. The molecule has 1 rings (SSSR count). The average molecular weight is 223 g/mol. The third-order valence-electron chi connectivity index (χ3n) is 2.15. The second-order valence-corrected chi connectivity index (χ2v) is 5.37. The highest BCUT2D eigenvalue weighted by atomic mass is 16.1. The summed E-state index contributed by atoms with van der Waals surface area (Å²) >= 11 is 0. The Morgan fingerprint density at radius 1 is 1.50 bits per heavy atom. The Bertz CT molecular complexity index is 349. The van der Waals surface area contributed by atoms with Gasteiger partial charge in [-0.05, 0) is 5.41 Å². The van der Waals surface area contributed by atoms with Gasteiger partial charge in [0.25, 0.3) is 0 Å². The van der Waals surface area contributed by atoms with E-state index in [1.165, 1.54) is 0 Å². The average Bonchev–Trinajstić information content (AvgIpc) is 2.48. The van der Waals surface area contributed by atoms with Crippen molar-refractivity contribution in [3.63, 3.8) is 0 Å². The molecule has 1 amide bonds. The van der Waals surface area contributed by atoms with Gasteiger partial charge >= 0.3 is 0 Å². The standard InChI is InChI=1S/C12H21N3O/c1-12(2,3)7-11(16)13-6-5-10-8-15(4)9-14-10/h8-9H,5-7H2,1-4H3,(H,13,16). The van der Waals surface area contributed by atoms with Gasteiger partial charge in [-0.1, -0.05) is 20.8 Å². The van der Waals surface area contributed by atoms with Gasteiger partial charge in [0.1, 0.15) is 0 Å². The van der Waals surface area contributed by atoms with Crippen LogP contribution in [0.15, 0.2) is 12.5 Å². The Morgan fingerprint density at radius 2 is 2.19 bits per heavy atom. The van der Waals surface area contributed by atoms with Gasteiger partial charge in [0.15, 0.2) is 0 Å². The number of aromatic nitrogens is 2. The second kappa shape index (κ2) is 5.14. The number of rotatable bonds is 4. The fourth-order valence-electron chi connectivity index (χ4n) is 1.47. The number of carbonyl (C=O) groups excluding carboxylic acids is 1. The molecular weight excluding hydrogens is 202 g/mol. The van der Waals surface area contributed by atoms with Crippen LogP contribution >= 0.6 is 0 Å². The van der Waals surface area contributed by atoms with E-state index in [-0.39, 0.29) is 11.3 Å². The lowest BCUT2D eigenvalue weighted by atomic mass is 9.92. The monoisotopic (exact) mass is 223 g/mol. The molecule has 1 heterocycles. The molecule has 0 unspecified atom stereocenters. The maximum Gasteiger partial charge on any atom is 0.220 e. The third kappa shape index (κ3) is 4.96. The van der Waals surface area contributed by atoms with Gasteiger partial charge in [0, 0.05) is 32.6 Å². The Morgan fingerprint density at radius 3 is 2.69 bits per heavy atom. The van der Waals surface area contributed by atoms with E-state index in [0.717, 1.165) is 12.1 Å². The summed E-state index contributed by atoms with van der Waals surface area (Å²) in [7, 11) is 1.94. The summed E-state index contributed by atoms with van der Waals surface area (Å²) in [4.78, 5) is 15.7. The van der Waals surface area contributed by atoms with E-state index < -0.39 is 0 Å². The highest BCUT2D eigenvalue weighted by Gasteiger charge is 2.15. The molecule has 4 heteroatoms. The van der Waals surface area contributed by atoms with Crippen molar-refractivity contribution in [1.29, 1.82) is 0 Å². The minimum absolute atomic E-state index is 0.0507. The maximum absolute atomic E-state index is 11.5. The molecule has 90 valence electrons. The van der Waals surface area contributed by atoms with Gasteiger partial charge in [-0.2, -0.15) is 0 Å². The number of aryl methyl sites for hydroxylation is 1. The van der Waals surface area contributed by atoms with Gasteiger partial charge in [0.2, 0.25) is 5.91 Å². The first-order valence-corrected chi connectivity index (χ1v) is 5.60. The molecule has 0 aliphatic carbocycles. The van der Waals surface area contributed by atoms with Crippen LogP contribution in [0.25, 0.3) is 0 Å². The summed E-state index contributed by atoms with van der Waals surface area (Å²) in [6, 6.07) is 0. The summed E-state index contributed by atoms with van der Waals surface area (Å²) in [5.74, 6) is 0.114. The smallest absolute Gasteiger partial charge is 0.220 e. The minimum atomic E-state index is 0.0507. The van der Waals surface area contributed by atoms with Crippen LogP contribution in [-0.4, -0.2) is 22.0 Å². The first-order chi connectivity index (χ1) is 7.37. The first-order valence-electron chi connectivity index (χ1n) is 5.60. The van der Waals surface area contributed by atoms with Crippen LogP contribution < -0.4 is 5.32 Å². The van der Waals surface area contributed by atoms with Crippen molar-refractivity contribution < 1.29 is 4.79 Å². The van der Waals surface area contributed by atoms with E-state index in [0.29, 0.717) is 13.0 Å². The number of hydrogen-bond donors (Lipinski definition) is 1. The quantitative estimate of drug-likeness (QED) is 0.841. The van der Waals surface area contributed by atoms with Crippen molar-refractivity contribution in [3.05, 3.63) is 18.2 Å². The van der Waals surface area contributed by atoms with Crippen molar-refractivity contribution in [2.24, 2.45) is 12.5 Å². The van der Waals surface area contributed by atoms with E-state index in [9.17, 15) is 4.79 Å². The second-order valence-electron chi connectivity index (χ2n) is 5.37. The van der Waals surface area contributed by atoms with Crippen LogP contribution in [0.3, 0.4) is 0 Å². The fraction of sp³-hybridized carbons (Fsp3) is 0.667. The number of nitrogens with one attached hydrogen (secondary N) is 1. The largest absolute Gasteiger partial charge is 0.356 e. The SMILES string of the molecule is Cn1cnc(CCNC(=O)CC(C)(C)C)c1. The normalized spacial score (nSPS) is 11.5. The fourth-order valence-corrected chi connectivity index (χ4v) is 1.47. The van der Waals surface area contributed by atoms with E-state index in [4.69, 9.17) is 0 Å². The summed E-state index contributed by atoms with van der Waals surface area (Å²) in [5.41, 5.74) is 1.06. The van der Waals surface area contributed by atoms with Crippen LogP contribution in [0, 0.1) is 5.41 Å². The molecule has 0 spiro atoms. The Hall–Kier alpha value is -1.32. The highest BCUT2D eigenvalue weighted by molar-refractivity contribution is 5.76. The first kappa shape index (κ1) is 12.7. The number of carbonyl (C=O) groups is 1. The van der Waals surface area contributed by atoms with Crippen LogP contribution in [-0.2, 0) is 18.3 Å². The topological polar surface area (TPSA) is 46.9 Å². The number of hydrogen-bond acceptors (Lipinski definition) is 2. The number of nitrogens with zero attached hydrogens (tertiary/aromatic N) is 2. The summed E-state index contributed by atoms with van der Waals surface area (Å²) < 4.78 is 1.91. The molecule has 0 fully saturated rings. The van der Waals surface area contributed by atoms with Gasteiger partial charge in [-0.25, -0.2) is 4.98 Å². The molecular formula is C12H21N3O. The van der Waals surface area contributed by atoms with Crippen LogP contribution in [0.5, 0.6) is 0 Å². The molecule has 0 bridgehead atoms. The molecule has 16 heavy (non-hydrogen) atoms. The van der Waals surface area contributed by atoms with Crippen molar-refractivity contribution in [1.82, 2.24) is 14.9 Å². The molecule has 0 atom stereocenters. The lowest BCUT2D eigenvalue weighted by Gasteiger charge is -2.17. The number of imidazole rings is 1. The molecule has 1 N–H and O–H groups in total. The molecule has 1 aromatic heterocycles. The van der Waals surface area contributed by atoms with Crippen molar-refractivity contribution >= 4 is 5.91 Å². The van der Waals surface area contributed by atoms with E-state index in [2.05, 4.69) is 31.1 Å². The lowest BCUT2D eigenvalue weighted by Crippen LogP contribution is -2.29.